The molecular weight excluding hydrogens is 258 g/mol. The number of aromatic nitrogens is 1. The minimum Gasteiger partial charge on any atom is -0.506 e. The maximum Gasteiger partial charge on any atom is 0.263 e. The number of nitrogens with two attached hydrogens (primary N) is 2. The first-order valence-electron chi connectivity index (χ1n) is 6.02. The van der Waals surface area contributed by atoms with E-state index in [4.69, 9.17) is 11.5 Å². The first kappa shape index (κ1) is 13.6. The monoisotopic (exact) mass is 273 g/mol. The van der Waals surface area contributed by atoms with Crippen LogP contribution in [-0.2, 0) is 6.54 Å². The highest BCUT2D eigenvalue weighted by Gasteiger charge is 2.13. The van der Waals surface area contributed by atoms with E-state index in [0.717, 1.165) is 6.21 Å². The molecule has 2 aromatic rings. The Morgan fingerprint density at radius 3 is 2.75 bits per heavy atom. The largest absolute Gasteiger partial charge is 0.506 e. The molecule has 1 heterocycles. The van der Waals surface area contributed by atoms with Crippen molar-refractivity contribution in [2.75, 3.05) is 0 Å². The van der Waals surface area contributed by atoms with Crippen LogP contribution in [0.1, 0.15) is 12.5 Å². The van der Waals surface area contributed by atoms with Crippen molar-refractivity contribution in [2.24, 2.45) is 21.7 Å². The van der Waals surface area contributed by atoms with E-state index in [1.807, 2.05) is 6.92 Å². The Kier molecular flexibility index (Phi) is 3.69. The number of para-hydroxylation sites is 1. The second-order valence-electron chi connectivity index (χ2n) is 4.10. The molecule has 5 N–H and O–H groups in total. The minimum absolute atomic E-state index is 0.0514. The molecule has 0 saturated carbocycles. The van der Waals surface area contributed by atoms with Gasteiger partial charge in [-0.25, -0.2) is 0 Å². The zero-order chi connectivity index (χ0) is 14.7. The number of pyridine rings is 1. The fraction of sp³-hybridized carbons (Fsp3) is 0.154. The molecule has 0 atom stereocenters. The third-order valence-corrected chi connectivity index (χ3v) is 2.86. The zero-order valence-electron chi connectivity index (χ0n) is 10.9. The van der Waals surface area contributed by atoms with Crippen LogP contribution in [0, 0.1) is 0 Å². The van der Waals surface area contributed by atoms with Crippen molar-refractivity contribution >= 4 is 23.1 Å². The predicted molar refractivity (Wildman–Crippen MR) is 79.0 cm³/mol. The van der Waals surface area contributed by atoms with E-state index in [9.17, 15) is 9.90 Å². The molecule has 20 heavy (non-hydrogen) atoms. The Balaban J connectivity index is 2.75. The zero-order valence-corrected chi connectivity index (χ0v) is 10.9. The summed E-state index contributed by atoms with van der Waals surface area (Å²) in [5.74, 6) is -0.359. The van der Waals surface area contributed by atoms with Crippen LogP contribution < -0.4 is 17.0 Å². The summed E-state index contributed by atoms with van der Waals surface area (Å²) in [7, 11) is 0. The number of aromatic hydroxyl groups is 1. The summed E-state index contributed by atoms with van der Waals surface area (Å²) in [6.07, 6.45) is 1.15. The Bertz CT molecular complexity index is 757. The first-order valence-corrected chi connectivity index (χ1v) is 6.02. The Morgan fingerprint density at radius 2 is 2.10 bits per heavy atom. The second-order valence-corrected chi connectivity index (χ2v) is 4.10. The van der Waals surface area contributed by atoms with Gasteiger partial charge >= 0.3 is 0 Å². The molecule has 0 amide bonds. The fourth-order valence-electron chi connectivity index (χ4n) is 1.99. The molecule has 0 spiro atoms. The number of fused-ring (bicyclic) bond motifs is 1. The van der Waals surface area contributed by atoms with Crippen molar-refractivity contribution < 1.29 is 5.11 Å². The average Bonchev–Trinajstić information content (AvgIpc) is 2.43. The smallest absolute Gasteiger partial charge is 0.263 e. The van der Waals surface area contributed by atoms with Gasteiger partial charge in [0.05, 0.1) is 11.7 Å². The first-order chi connectivity index (χ1) is 9.56. The molecule has 0 aliphatic heterocycles. The van der Waals surface area contributed by atoms with Crippen LogP contribution in [0.2, 0.25) is 0 Å². The second kappa shape index (κ2) is 5.43. The van der Waals surface area contributed by atoms with Crippen LogP contribution in [0.15, 0.2) is 39.3 Å². The van der Waals surface area contributed by atoms with Crippen LogP contribution >= 0.6 is 0 Å². The van der Waals surface area contributed by atoms with E-state index in [0.29, 0.717) is 17.4 Å². The summed E-state index contributed by atoms with van der Waals surface area (Å²) < 4.78 is 1.55. The minimum atomic E-state index is -0.349. The quantitative estimate of drug-likeness (QED) is 0.424. The molecule has 2 rings (SSSR count). The summed E-state index contributed by atoms with van der Waals surface area (Å²) in [5.41, 5.74) is 10.7. The predicted octanol–water partition coefficient (Wildman–Crippen LogP) is 0.334. The molecule has 7 nitrogen and oxygen atoms in total. The van der Waals surface area contributed by atoms with Gasteiger partial charge in [0.1, 0.15) is 11.3 Å². The van der Waals surface area contributed by atoms with Gasteiger partial charge in [-0.3, -0.25) is 4.79 Å². The molecule has 0 unspecified atom stereocenters. The van der Waals surface area contributed by atoms with E-state index in [1.165, 1.54) is 0 Å². The summed E-state index contributed by atoms with van der Waals surface area (Å²) in [6, 6.07) is 7.09. The van der Waals surface area contributed by atoms with Gasteiger partial charge in [-0.15, -0.1) is 5.10 Å². The Labute approximate surface area is 114 Å². The number of guanidine groups is 1. The summed E-state index contributed by atoms with van der Waals surface area (Å²) in [5, 5.41) is 17.8. The highest BCUT2D eigenvalue weighted by atomic mass is 16.3. The van der Waals surface area contributed by atoms with E-state index in [-0.39, 0.29) is 22.8 Å². The molecule has 0 aliphatic rings. The molecular formula is C13H15N5O2. The van der Waals surface area contributed by atoms with Crippen molar-refractivity contribution in [2.45, 2.75) is 13.5 Å². The molecule has 0 radical (unpaired) electrons. The standard InChI is InChI=1S/C13H15N5O2/c1-2-18-10-6-4-3-5-8(10)11(19)9(12(18)20)7-16-17-13(14)15/h3-7,19H,2H2,1H3,(H4,14,15,17)/b16-7-. The van der Waals surface area contributed by atoms with Gasteiger partial charge < -0.3 is 21.1 Å². The third kappa shape index (κ3) is 2.33. The van der Waals surface area contributed by atoms with E-state index < -0.39 is 0 Å². The molecule has 1 aromatic heterocycles. The normalized spacial score (nSPS) is 11.1. The molecule has 1 aromatic carbocycles. The van der Waals surface area contributed by atoms with Crippen molar-refractivity contribution in [3.63, 3.8) is 0 Å². The number of rotatable bonds is 3. The van der Waals surface area contributed by atoms with Crippen LogP contribution in [0.4, 0.5) is 0 Å². The number of nitrogens with zero attached hydrogens (tertiary/aromatic N) is 3. The van der Waals surface area contributed by atoms with E-state index in [2.05, 4.69) is 10.2 Å². The highest BCUT2D eigenvalue weighted by molar-refractivity contribution is 5.95. The molecule has 0 bridgehead atoms. The van der Waals surface area contributed by atoms with Gasteiger partial charge in [-0.2, -0.15) is 5.10 Å². The van der Waals surface area contributed by atoms with Gasteiger partial charge in [0.25, 0.3) is 5.56 Å². The van der Waals surface area contributed by atoms with E-state index in [1.54, 1.807) is 28.8 Å². The van der Waals surface area contributed by atoms with Crippen LogP contribution in [0.25, 0.3) is 10.9 Å². The molecule has 0 saturated heterocycles. The molecule has 7 heteroatoms. The van der Waals surface area contributed by atoms with E-state index >= 15 is 0 Å². The topological polar surface area (TPSA) is 119 Å². The summed E-state index contributed by atoms with van der Waals surface area (Å²) in [6.45, 7) is 2.32. The van der Waals surface area contributed by atoms with Gasteiger partial charge in [0.2, 0.25) is 5.96 Å². The van der Waals surface area contributed by atoms with Crippen molar-refractivity contribution in [3.8, 4) is 5.75 Å². The number of hydrogen-bond donors (Lipinski definition) is 3. The van der Waals surface area contributed by atoms with Crippen molar-refractivity contribution in [1.29, 1.82) is 0 Å². The SMILES string of the molecule is CCn1c(=O)c(/C=N\N=C(N)N)c(O)c2ccccc21. The van der Waals surface area contributed by atoms with Crippen molar-refractivity contribution in [1.82, 2.24) is 4.57 Å². The maximum absolute atomic E-state index is 12.3. The average molecular weight is 273 g/mol. The molecule has 0 fully saturated rings. The highest BCUT2D eigenvalue weighted by Crippen LogP contribution is 2.25. The van der Waals surface area contributed by atoms with Crippen LogP contribution in [0.5, 0.6) is 5.75 Å². The van der Waals surface area contributed by atoms with Crippen LogP contribution in [-0.4, -0.2) is 21.8 Å². The van der Waals surface area contributed by atoms with Gasteiger partial charge in [0.15, 0.2) is 0 Å². The fourth-order valence-corrected chi connectivity index (χ4v) is 1.99. The molecule has 104 valence electrons. The van der Waals surface area contributed by atoms with Gasteiger partial charge in [-0.05, 0) is 19.1 Å². The molecule has 0 aliphatic carbocycles. The Hall–Kier alpha value is -2.83. The number of benzene rings is 1. The van der Waals surface area contributed by atoms with Gasteiger partial charge in [-0.1, -0.05) is 12.1 Å². The lowest BCUT2D eigenvalue weighted by Gasteiger charge is -2.11. The third-order valence-electron chi connectivity index (χ3n) is 2.86. The summed E-state index contributed by atoms with van der Waals surface area (Å²) in [4.78, 5) is 12.3. The number of aryl methyl sites for hydroxylation is 1. The lowest BCUT2D eigenvalue weighted by Crippen LogP contribution is -2.24. The lowest BCUT2D eigenvalue weighted by molar-refractivity contribution is 0.478. The number of hydrogen-bond acceptors (Lipinski definition) is 4. The Morgan fingerprint density at radius 1 is 1.40 bits per heavy atom. The van der Waals surface area contributed by atoms with Crippen molar-refractivity contribution in [3.05, 3.63) is 40.2 Å². The van der Waals surface area contributed by atoms with Gasteiger partial charge in [0, 0.05) is 11.9 Å². The van der Waals surface area contributed by atoms with Crippen LogP contribution in [0.3, 0.4) is 0 Å². The lowest BCUT2D eigenvalue weighted by atomic mass is 10.1. The maximum atomic E-state index is 12.3. The summed E-state index contributed by atoms with van der Waals surface area (Å²) >= 11 is 0.